The first-order chi connectivity index (χ1) is 8.65. The Bertz CT molecular complexity index is 576. The number of carbonyl (C=O) groups is 1. The monoisotopic (exact) mass is 249 g/mol. The zero-order valence-electron chi connectivity index (χ0n) is 9.84. The lowest BCUT2D eigenvalue weighted by molar-refractivity contribution is 0.0686. The van der Waals surface area contributed by atoms with Gasteiger partial charge in [0.2, 0.25) is 0 Å². The van der Waals surface area contributed by atoms with Crippen LogP contribution in [-0.2, 0) is 0 Å². The van der Waals surface area contributed by atoms with Gasteiger partial charge in [-0.05, 0) is 12.1 Å². The molecule has 1 aromatic carbocycles. The van der Waals surface area contributed by atoms with Crippen LogP contribution in [0.25, 0.3) is 11.3 Å². The quantitative estimate of drug-likeness (QED) is 0.893. The Morgan fingerprint density at radius 3 is 2.61 bits per heavy atom. The van der Waals surface area contributed by atoms with Crippen LogP contribution in [-0.4, -0.2) is 30.5 Å². The molecule has 1 heterocycles. The molecule has 1 N–H and O–H groups in total. The van der Waals surface area contributed by atoms with Crippen molar-refractivity contribution < 1.29 is 23.9 Å². The normalized spacial score (nSPS) is 10.1. The molecule has 2 rings (SSSR count). The second-order valence-electron chi connectivity index (χ2n) is 3.45. The van der Waals surface area contributed by atoms with Crippen LogP contribution >= 0.6 is 0 Å². The second-order valence-corrected chi connectivity index (χ2v) is 3.45. The summed E-state index contributed by atoms with van der Waals surface area (Å²) >= 11 is 0. The number of rotatable bonds is 4. The first kappa shape index (κ1) is 12.0. The van der Waals surface area contributed by atoms with Crippen molar-refractivity contribution in [3.63, 3.8) is 0 Å². The first-order valence-corrected chi connectivity index (χ1v) is 5.08. The number of hydrogen-bond acceptors (Lipinski definition) is 5. The Morgan fingerprint density at radius 2 is 2.06 bits per heavy atom. The summed E-state index contributed by atoms with van der Waals surface area (Å²) in [5, 5.41) is 12.2. The minimum Gasteiger partial charge on any atom is -0.497 e. The molecule has 94 valence electrons. The van der Waals surface area contributed by atoms with Crippen molar-refractivity contribution in [2.24, 2.45) is 0 Å². The highest BCUT2D eigenvalue weighted by Crippen LogP contribution is 2.33. The Hall–Kier alpha value is -2.50. The van der Waals surface area contributed by atoms with Crippen LogP contribution in [0.15, 0.2) is 28.8 Å². The highest BCUT2D eigenvalue weighted by Gasteiger charge is 2.15. The second kappa shape index (κ2) is 4.79. The molecule has 2 aromatic rings. The number of carboxylic acids is 1. The van der Waals surface area contributed by atoms with Gasteiger partial charge in [-0.15, -0.1) is 0 Å². The van der Waals surface area contributed by atoms with Crippen LogP contribution < -0.4 is 9.47 Å². The number of hydrogen-bond donors (Lipinski definition) is 1. The van der Waals surface area contributed by atoms with Crippen LogP contribution in [0, 0.1) is 0 Å². The van der Waals surface area contributed by atoms with Gasteiger partial charge < -0.3 is 19.1 Å². The number of nitrogens with zero attached hydrogens (tertiary/aromatic N) is 1. The smallest absolute Gasteiger partial charge is 0.358 e. The molecule has 18 heavy (non-hydrogen) atoms. The fourth-order valence-electron chi connectivity index (χ4n) is 1.51. The van der Waals surface area contributed by atoms with Crippen molar-refractivity contribution >= 4 is 5.97 Å². The zero-order valence-corrected chi connectivity index (χ0v) is 9.84. The van der Waals surface area contributed by atoms with E-state index in [2.05, 4.69) is 5.16 Å². The average Bonchev–Trinajstić information content (AvgIpc) is 2.87. The Balaban J connectivity index is 2.45. The number of ether oxygens (including phenoxy) is 2. The number of aromatic carboxylic acids is 1. The van der Waals surface area contributed by atoms with Gasteiger partial charge in [0.05, 0.1) is 19.8 Å². The van der Waals surface area contributed by atoms with E-state index in [9.17, 15) is 4.79 Å². The SMILES string of the molecule is COc1ccc(-c2cc(C(=O)O)no2)c(OC)c1. The number of aromatic nitrogens is 1. The average molecular weight is 249 g/mol. The van der Waals surface area contributed by atoms with Crippen molar-refractivity contribution in [1.29, 1.82) is 0 Å². The molecule has 6 heteroatoms. The highest BCUT2D eigenvalue weighted by atomic mass is 16.5. The summed E-state index contributed by atoms with van der Waals surface area (Å²) < 4.78 is 15.2. The third-order valence-corrected chi connectivity index (χ3v) is 2.40. The molecule has 0 bridgehead atoms. The number of methoxy groups -OCH3 is 2. The Morgan fingerprint density at radius 1 is 1.28 bits per heavy atom. The van der Waals surface area contributed by atoms with E-state index in [1.165, 1.54) is 13.2 Å². The van der Waals surface area contributed by atoms with E-state index in [0.717, 1.165) is 0 Å². The van der Waals surface area contributed by atoms with Gasteiger partial charge in [0.15, 0.2) is 11.5 Å². The zero-order chi connectivity index (χ0) is 13.1. The summed E-state index contributed by atoms with van der Waals surface area (Å²) in [6.45, 7) is 0. The van der Waals surface area contributed by atoms with Crippen LogP contribution in [0.4, 0.5) is 0 Å². The van der Waals surface area contributed by atoms with E-state index in [0.29, 0.717) is 22.8 Å². The van der Waals surface area contributed by atoms with E-state index in [-0.39, 0.29) is 5.69 Å². The summed E-state index contributed by atoms with van der Waals surface area (Å²) in [4.78, 5) is 10.7. The molecule has 0 aliphatic carbocycles. The molecule has 0 atom stereocenters. The summed E-state index contributed by atoms with van der Waals surface area (Å²) in [6.07, 6.45) is 0. The van der Waals surface area contributed by atoms with Crippen molar-refractivity contribution in [2.45, 2.75) is 0 Å². The largest absolute Gasteiger partial charge is 0.497 e. The minimum absolute atomic E-state index is 0.150. The maximum Gasteiger partial charge on any atom is 0.358 e. The minimum atomic E-state index is -1.14. The van der Waals surface area contributed by atoms with Gasteiger partial charge in [0.1, 0.15) is 11.5 Å². The molecule has 0 amide bonds. The molecule has 0 radical (unpaired) electrons. The molecular weight excluding hydrogens is 238 g/mol. The molecule has 0 saturated heterocycles. The molecule has 0 saturated carbocycles. The Labute approximate surface area is 103 Å². The molecule has 0 spiro atoms. The Kier molecular flexibility index (Phi) is 3.18. The van der Waals surface area contributed by atoms with E-state index in [1.807, 2.05) is 0 Å². The standard InChI is InChI=1S/C12H11NO5/c1-16-7-3-4-8(10(5-7)17-2)11-6-9(12(14)15)13-18-11/h3-6H,1-2H3,(H,14,15). The van der Waals surface area contributed by atoms with E-state index in [1.54, 1.807) is 25.3 Å². The predicted octanol–water partition coefficient (Wildman–Crippen LogP) is 2.06. The molecule has 6 nitrogen and oxygen atoms in total. The van der Waals surface area contributed by atoms with E-state index in [4.69, 9.17) is 19.1 Å². The van der Waals surface area contributed by atoms with Crippen LogP contribution in [0.1, 0.15) is 10.5 Å². The third kappa shape index (κ3) is 2.13. The van der Waals surface area contributed by atoms with Gasteiger partial charge in [-0.2, -0.15) is 0 Å². The third-order valence-electron chi connectivity index (χ3n) is 2.40. The van der Waals surface area contributed by atoms with Gasteiger partial charge in [-0.1, -0.05) is 5.16 Å². The van der Waals surface area contributed by atoms with Gasteiger partial charge in [0, 0.05) is 12.1 Å². The number of carboxylic acid groups (broad SMARTS) is 1. The van der Waals surface area contributed by atoms with Gasteiger partial charge in [0.25, 0.3) is 0 Å². The van der Waals surface area contributed by atoms with Crippen molar-refractivity contribution in [3.05, 3.63) is 30.0 Å². The van der Waals surface area contributed by atoms with Crippen LogP contribution in [0.2, 0.25) is 0 Å². The first-order valence-electron chi connectivity index (χ1n) is 5.08. The molecule has 0 aliphatic heterocycles. The number of benzene rings is 1. The van der Waals surface area contributed by atoms with Crippen LogP contribution in [0.5, 0.6) is 11.5 Å². The van der Waals surface area contributed by atoms with Gasteiger partial charge in [-0.3, -0.25) is 0 Å². The van der Waals surface area contributed by atoms with Crippen molar-refractivity contribution in [1.82, 2.24) is 5.16 Å². The summed E-state index contributed by atoms with van der Waals surface area (Å²) in [5.74, 6) is 0.334. The van der Waals surface area contributed by atoms with Gasteiger partial charge >= 0.3 is 5.97 Å². The fourth-order valence-corrected chi connectivity index (χ4v) is 1.51. The lowest BCUT2D eigenvalue weighted by atomic mass is 10.1. The topological polar surface area (TPSA) is 81.8 Å². The molecule has 0 aliphatic rings. The highest BCUT2D eigenvalue weighted by molar-refractivity contribution is 5.86. The van der Waals surface area contributed by atoms with Crippen molar-refractivity contribution in [3.8, 4) is 22.8 Å². The van der Waals surface area contributed by atoms with E-state index < -0.39 is 5.97 Å². The van der Waals surface area contributed by atoms with Crippen molar-refractivity contribution in [2.75, 3.05) is 14.2 Å². The maximum atomic E-state index is 10.7. The van der Waals surface area contributed by atoms with Gasteiger partial charge in [-0.25, -0.2) is 4.79 Å². The molecule has 1 aromatic heterocycles. The lowest BCUT2D eigenvalue weighted by Gasteiger charge is -2.07. The molecule has 0 unspecified atom stereocenters. The molecular formula is C12H11NO5. The van der Waals surface area contributed by atoms with E-state index >= 15 is 0 Å². The summed E-state index contributed by atoms with van der Waals surface area (Å²) in [6, 6.07) is 6.45. The van der Waals surface area contributed by atoms with Crippen LogP contribution in [0.3, 0.4) is 0 Å². The summed E-state index contributed by atoms with van der Waals surface area (Å²) in [7, 11) is 3.05. The predicted molar refractivity (Wildman–Crippen MR) is 62.0 cm³/mol. The lowest BCUT2D eigenvalue weighted by Crippen LogP contribution is -1.94. The fraction of sp³-hybridized carbons (Fsp3) is 0.167. The maximum absolute atomic E-state index is 10.7. The molecule has 0 fully saturated rings. The summed E-state index contributed by atoms with van der Waals surface area (Å²) in [5.41, 5.74) is 0.459.